The van der Waals surface area contributed by atoms with E-state index in [0.717, 1.165) is 13.1 Å². The number of likely N-dealkylation sites (N-methyl/N-ethyl adjacent to an activating group) is 1. The highest BCUT2D eigenvalue weighted by Crippen LogP contribution is 2.19. The molecule has 0 radical (unpaired) electrons. The molecule has 2 N–H and O–H groups in total. The Morgan fingerprint density at radius 2 is 2.18 bits per heavy atom. The Hall–Kier alpha value is -1.55. The van der Waals surface area contributed by atoms with E-state index in [0.29, 0.717) is 17.7 Å². The van der Waals surface area contributed by atoms with Crippen LogP contribution in [0.2, 0.25) is 0 Å². The van der Waals surface area contributed by atoms with Gasteiger partial charge in [-0.15, -0.1) is 0 Å². The van der Waals surface area contributed by atoms with Gasteiger partial charge in [0.25, 0.3) is 5.91 Å². The van der Waals surface area contributed by atoms with E-state index in [4.69, 9.17) is 0 Å². The van der Waals surface area contributed by atoms with Crippen LogP contribution in [0.1, 0.15) is 22.8 Å². The fraction of sp³-hybridized carbons (Fsp3) is 0.462. The van der Waals surface area contributed by atoms with Gasteiger partial charge >= 0.3 is 0 Å². The zero-order chi connectivity index (χ0) is 12.8. The highest BCUT2D eigenvalue weighted by molar-refractivity contribution is 5.96. The van der Waals surface area contributed by atoms with Crippen molar-refractivity contribution in [2.45, 2.75) is 13.8 Å². The maximum Gasteiger partial charge on any atom is 0.251 e. The molecule has 0 fully saturated rings. The zero-order valence-corrected chi connectivity index (χ0v) is 10.7. The summed E-state index contributed by atoms with van der Waals surface area (Å²) in [6.45, 7) is 6.20. The minimum Gasteiger partial charge on any atom is -0.508 e. The lowest BCUT2D eigenvalue weighted by Crippen LogP contribution is -2.33. The lowest BCUT2D eigenvalue weighted by atomic mass is 10.1. The molecule has 4 nitrogen and oxygen atoms in total. The molecule has 94 valence electrons. The number of carbonyl (C=O) groups excluding carboxylic acids is 1. The molecular formula is C13H20N2O2. The molecule has 0 aliphatic rings. The SMILES string of the molecule is CCN(C)CCNC(=O)c1cccc(O)c1C. The minimum absolute atomic E-state index is 0.136. The molecule has 0 saturated carbocycles. The number of phenols is 1. The monoisotopic (exact) mass is 236 g/mol. The molecule has 0 bridgehead atoms. The van der Waals surface area contributed by atoms with E-state index < -0.39 is 0 Å². The summed E-state index contributed by atoms with van der Waals surface area (Å²) in [5.74, 6) is 0.0197. The molecule has 0 heterocycles. The van der Waals surface area contributed by atoms with Crippen molar-refractivity contribution in [3.05, 3.63) is 29.3 Å². The van der Waals surface area contributed by atoms with Crippen LogP contribution in [0.25, 0.3) is 0 Å². The third kappa shape index (κ3) is 3.75. The average Bonchev–Trinajstić information content (AvgIpc) is 2.32. The molecule has 4 heteroatoms. The fourth-order valence-corrected chi connectivity index (χ4v) is 1.48. The van der Waals surface area contributed by atoms with Crippen molar-refractivity contribution in [1.29, 1.82) is 0 Å². The summed E-state index contributed by atoms with van der Waals surface area (Å²) in [6, 6.07) is 4.97. The lowest BCUT2D eigenvalue weighted by Gasteiger charge is -2.14. The first-order chi connectivity index (χ1) is 8.06. The van der Waals surface area contributed by atoms with E-state index in [1.807, 2.05) is 7.05 Å². The number of nitrogens with zero attached hydrogens (tertiary/aromatic N) is 1. The first-order valence-corrected chi connectivity index (χ1v) is 5.81. The van der Waals surface area contributed by atoms with Crippen LogP contribution in [-0.2, 0) is 0 Å². The quantitative estimate of drug-likeness (QED) is 0.812. The zero-order valence-electron chi connectivity index (χ0n) is 10.7. The van der Waals surface area contributed by atoms with E-state index in [2.05, 4.69) is 17.1 Å². The number of hydrogen-bond acceptors (Lipinski definition) is 3. The van der Waals surface area contributed by atoms with E-state index >= 15 is 0 Å². The Bertz CT molecular complexity index is 391. The molecular weight excluding hydrogens is 216 g/mol. The number of phenolic OH excluding ortho intramolecular Hbond substituents is 1. The molecule has 0 atom stereocenters. The predicted octanol–water partition coefficient (Wildman–Crippen LogP) is 1.38. The number of amides is 1. The number of carbonyl (C=O) groups is 1. The van der Waals surface area contributed by atoms with Crippen LogP contribution in [0.4, 0.5) is 0 Å². The molecule has 0 aliphatic carbocycles. The molecule has 17 heavy (non-hydrogen) atoms. The summed E-state index contributed by atoms with van der Waals surface area (Å²) in [5, 5.41) is 12.4. The van der Waals surface area contributed by atoms with Crippen LogP contribution in [0.15, 0.2) is 18.2 Å². The van der Waals surface area contributed by atoms with Crippen molar-refractivity contribution in [3.8, 4) is 5.75 Å². The van der Waals surface area contributed by atoms with Gasteiger partial charge in [0.1, 0.15) is 5.75 Å². The fourth-order valence-electron chi connectivity index (χ4n) is 1.48. The second kappa shape index (κ2) is 6.25. The Morgan fingerprint density at radius 1 is 1.47 bits per heavy atom. The van der Waals surface area contributed by atoms with Crippen molar-refractivity contribution in [1.82, 2.24) is 10.2 Å². The second-order valence-electron chi connectivity index (χ2n) is 4.10. The Kier molecular flexibility index (Phi) is 4.97. The molecule has 1 aromatic rings. The van der Waals surface area contributed by atoms with Crippen LogP contribution in [-0.4, -0.2) is 42.6 Å². The van der Waals surface area contributed by atoms with Gasteiger partial charge in [-0.3, -0.25) is 4.79 Å². The third-order valence-electron chi connectivity index (χ3n) is 2.87. The van der Waals surface area contributed by atoms with Gasteiger partial charge in [0.05, 0.1) is 0 Å². The Morgan fingerprint density at radius 3 is 2.82 bits per heavy atom. The van der Waals surface area contributed by atoms with Gasteiger partial charge in [0, 0.05) is 24.2 Å². The molecule has 0 spiro atoms. The Balaban J connectivity index is 2.56. The highest BCUT2D eigenvalue weighted by Gasteiger charge is 2.10. The number of rotatable bonds is 5. The molecule has 1 amide bonds. The third-order valence-corrected chi connectivity index (χ3v) is 2.87. The lowest BCUT2D eigenvalue weighted by molar-refractivity contribution is 0.0949. The molecule has 0 saturated heterocycles. The maximum absolute atomic E-state index is 11.8. The number of benzene rings is 1. The van der Waals surface area contributed by atoms with E-state index in [1.54, 1.807) is 25.1 Å². The molecule has 0 aliphatic heterocycles. The van der Waals surface area contributed by atoms with Crippen LogP contribution in [0.5, 0.6) is 5.75 Å². The average molecular weight is 236 g/mol. The summed E-state index contributed by atoms with van der Waals surface area (Å²) in [5.41, 5.74) is 1.15. The highest BCUT2D eigenvalue weighted by atomic mass is 16.3. The van der Waals surface area contributed by atoms with Crippen LogP contribution >= 0.6 is 0 Å². The first kappa shape index (κ1) is 13.5. The largest absolute Gasteiger partial charge is 0.508 e. The second-order valence-corrected chi connectivity index (χ2v) is 4.10. The molecule has 0 unspecified atom stereocenters. The topological polar surface area (TPSA) is 52.6 Å². The number of nitrogens with one attached hydrogen (secondary N) is 1. The molecule has 0 aromatic heterocycles. The van der Waals surface area contributed by atoms with Gasteiger partial charge in [-0.2, -0.15) is 0 Å². The molecule has 1 rings (SSSR count). The summed E-state index contributed by atoms with van der Waals surface area (Å²) in [6.07, 6.45) is 0. The minimum atomic E-state index is -0.136. The predicted molar refractivity (Wildman–Crippen MR) is 68.3 cm³/mol. The van der Waals surface area contributed by atoms with Crippen LogP contribution in [0, 0.1) is 6.92 Å². The van der Waals surface area contributed by atoms with Crippen molar-refractivity contribution < 1.29 is 9.90 Å². The number of aromatic hydroxyl groups is 1. The van der Waals surface area contributed by atoms with Gasteiger partial charge in [0.15, 0.2) is 0 Å². The summed E-state index contributed by atoms with van der Waals surface area (Å²) >= 11 is 0. The summed E-state index contributed by atoms with van der Waals surface area (Å²) < 4.78 is 0. The Labute approximate surface area is 102 Å². The normalized spacial score (nSPS) is 10.6. The van der Waals surface area contributed by atoms with Gasteiger partial charge in [-0.05, 0) is 32.6 Å². The molecule has 1 aromatic carbocycles. The summed E-state index contributed by atoms with van der Waals surface area (Å²) in [7, 11) is 2.01. The van der Waals surface area contributed by atoms with E-state index in [1.165, 1.54) is 0 Å². The van der Waals surface area contributed by atoms with Crippen LogP contribution < -0.4 is 5.32 Å². The smallest absolute Gasteiger partial charge is 0.251 e. The van der Waals surface area contributed by atoms with Gasteiger partial charge in [-0.25, -0.2) is 0 Å². The van der Waals surface area contributed by atoms with Crippen molar-refractivity contribution >= 4 is 5.91 Å². The first-order valence-electron chi connectivity index (χ1n) is 5.81. The van der Waals surface area contributed by atoms with Gasteiger partial charge in [-0.1, -0.05) is 13.0 Å². The van der Waals surface area contributed by atoms with Crippen molar-refractivity contribution in [2.75, 3.05) is 26.7 Å². The van der Waals surface area contributed by atoms with E-state index in [9.17, 15) is 9.90 Å². The van der Waals surface area contributed by atoms with E-state index in [-0.39, 0.29) is 11.7 Å². The maximum atomic E-state index is 11.8. The standard InChI is InChI=1S/C13H20N2O2/c1-4-15(3)9-8-14-13(17)11-6-5-7-12(16)10(11)2/h5-7,16H,4,8-9H2,1-3H3,(H,14,17). The van der Waals surface area contributed by atoms with Gasteiger partial charge in [0.2, 0.25) is 0 Å². The van der Waals surface area contributed by atoms with Gasteiger partial charge < -0.3 is 15.3 Å². The summed E-state index contributed by atoms with van der Waals surface area (Å²) in [4.78, 5) is 14.0. The number of hydrogen-bond donors (Lipinski definition) is 2. The van der Waals surface area contributed by atoms with Crippen molar-refractivity contribution in [3.63, 3.8) is 0 Å². The van der Waals surface area contributed by atoms with Crippen LogP contribution in [0.3, 0.4) is 0 Å². The van der Waals surface area contributed by atoms with Crippen molar-refractivity contribution in [2.24, 2.45) is 0 Å².